The van der Waals surface area contributed by atoms with Crippen molar-refractivity contribution in [2.75, 3.05) is 0 Å². The fourth-order valence-corrected chi connectivity index (χ4v) is 1.37. The van der Waals surface area contributed by atoms with E-state index in [0.29, 0.717) is 6.04 Å². The molecule has 0 aliphatic rings. The van der Waals surface area contributed by atoms with E-state index in [4.69, 9.17) is 0 Å². The first-order valence-electron chi connectivity index (χ1n) is 4.34. The molecule has 1 rings (SSSR count). The summed E-state index contributed by atoms with van der Waals surface area (Å²) < 4.78 is 2.28. The van der Waals surface area contributed by atoms with Crippen molar-refractivity contribution in [1.29, 1.82) is 0 Å². The minimum atomic E-state index is 0.677. The van der Waals surface area contributed by atoms with Crippen molar-refractivity contribution in [3.05, 3.63) is 30.6 Å². The largest absolute Gasteiger partial charge is 0.203 e. The first-order valence-corrected chi connectivity index (χ1v) is 4.34. The highest BCUT2D eigenvalue weighted by molar-refractivity contribution is 4.84. The van der Waals surface area contributed by atoms with Crippen LogP contribution in [0.2, 0.25) is 0 Å². The molecule has 0 amide bonds. The van der Waals surface area contributed by atoms with Crippen molar-refractivity contribution < 1.29 is 4.57 Å². The normalized spacial score (nSPS) is 10.5. The van der Waals surface area contributed by atoms with Crippen molar-refractivity contribution in [3.63, 3.8) is 0 Å². The Hall–Kier alpha value is -0.850. The Kier molecular flexibility index (Phi) is 3.09. The maximum Gasteiger partial charge on any atom is 0.169 e. The van der Waals surface area contributed by atoms with Crippen LogP contribution in [0.1, 0.15) is 32.7 Å². The van der Waals surface area contributed by atoms with Crippen LogP contribution in [0.3, 0.4) is 0 Å². The Morgan fingerprint density at radius 2 is 1.55 bits per heavy atom. The molecule has 1 nitrogen and oxygen atoms in total. The van der Waals surface area contributed by atoms with Crippen molar-refractivity contribution in [2.45, 2.75) is 32.7 Å². The topological polar surface area (TPSA) is 3.88 Å². The molecule has 0 radical (unpaired) electrons. The second-order valence-corrected chi connectivity index (χ2v) is 2.79. The van der Waals surface area contributed by atoms with Crippen LogP contribution in [0, 0.1) is 0 Å². The smallest absolute Gasteiger partial charge is 0.169 e. The van der Waals surface area contributed by atoms with E-state index in [2.05, 4.69) is 49.0 Å². The highest BCUT2D eigenvalue weighted by Crippen LogP contribution is 2.05. The van der Waals surface area contributed by atoms with Gasteiger partial charge in [-0.05, 0) is 0 Å². The van der Waals surface area contributed by atoms with Gasteiger partial charge >= 0.3 is 0 Å². The van der Waals surface area contributed by atoms with Gasteiger partial charge in [0.25, 0.3) is 0 Å². The molecule has 0 aliphatic carbocycles. The lowest BCUT2D eigenvalue weighted by molar-refractivity contribution is -0.723. The van der Waals surface area contributed by atoms with E-state index in [1.54, 1.807) is 0 Å². The number of pyridine rings is 1. The van der Waals surface area contributed by atoms with Crippen molar-refractivity contribution in [2.24, 2.45) is 0 Å². The van der Waals surface area contributed by atoms with Crippen LogP contribution in [0.15, 0.2) is 30.6 Å². The predicted molar refractivity (Wildman–Crippen MR) is 46.3 cm³/mol. The SMILES string of the molecule is CCC(CC)[n+]1ccccc1. The van der Waals surface area contributed by atoms with E-state index < -0.39 is 0 Å². The third-order valence-electron chi connectivity index (χ3n) is 2.10. The molecule has 1 aromatic rings. The van der Waals surface area contributed by atoms with Crippen LogP contribution in [0.5, 0.6) is 0 Å². The molecule has 0 aliphatic heterocycles. The van der Waals surface area contributed by atoms with Gasteiger partial charge in [-0.1, -0.05) is 19.9 Å². The number of aromatic nitrogens is 1. The molecule has 1 aromatic heterocycles. The van der Waals surface area contributed by atoms with E-state index in [0.717, 1.165) is 0 Å². The zero-order valence-corrected chi connectivity index (χ0v) is 7.33. The fourth-order valence-electron chi connectivity index (χ4n) is 1.37. The third-order valence-corrected chi connectivity index (χ3v) is 2.10. The lowest BCUT2D eigenvalue weighted by atomic mass is 10.1. The summed E-state index contributed by atoms with van der Waals surface area (Å²) in [5.41, 5.74) is 0. The summed E-state index contributed by atoms with van der Waals surface area (Å²) in [4.78, 5) is 0. The molecular formula is C10H16N+. The molecule has 60 valence electrons. The van der Waals surface area contributed by atoms with Crippen LogP contribution in [0.25, 0.3) is 0 Å². The van der Waals surface area contributed by atoms with Gasteiger partial charge in [0.15, 0.2) is 18.4 Å². The monoisotopic (exact) mass is 150 g/mol. The molecule has 0 bridgehead atoms. The Balaban J connectivity index is 2.74. The second-order valence-electron chi connectivity index (χ2n) is 2.79. The van der Waals surface area contributed by atoms with E-state index in [9.17, 15) is 0 Å². The number of rotatable bonds is 3. The lowest BCUT2D eigenvalue weighted by Crippen LogP contribution is -2.37. The van der Waals surface area contributed by atoms with Crippen molar-refractivity contribution in [1.82, 2.24) is 0 Å². The van der Waals surface area contributed by atoms with E-state index in [-0.39, 0.29) is 0 Å². The van der Waals surface area contributed by atoms with Crippen LogP contribution >= 0.6 is 0 Å². The van der Waals surface area contributed by atoms with Crippen LogP contribution in [-0.2, 0) is 0 Å². The predicted octanol–water partition coefficient (Wildman–Crippen LogP) is 2.34. The van der Waals surface area contributed by atoms with Crippen LogP contribution < -0.4 is 4.57 Å². The van der Waals surface area contributed by atoms with Crippen LogP contribution in [0.4, 0.5) is 0 Å². The molecule has 0 fully saturated rings. The maximum absolute atomic E-state index is 2.28. The maximum atomic E-state index is 2.28. The molecule has 0 saturated heterocycles. The van der Waals surface area contributed by atoms with Gasteiger partial charge in [0.05, 0.1) is 0 Å². The highest BCUT2D eigenvalue weighted by Gasteiger charge is 2.10. The number of nitrogens with zero attached hydrogens (tertiary/aromatic N) is 1. The van der Waals surface area contributed by atoms with Gasteiger partial charge in [-0.2, -0.15) is 0 Å². The summed E-state index contributed by atoms with van der Waals surface area (Å²) >= 11 is 0. The fraction of sp³-hybridized carbons (Fsp3) is 0.500. The molecule has 1 heteroatoms. The first-order chi connectivity index (χ1) is 5.38. The van der Waals surface area contributed by atoms with Gasteiger partial charge in [-0.3, -0.25) is 0 Å². The molecule has 1 heterocycles. The second kappa shape index (κ2) is 4.12. The summed E-state index contributed by atoms with van der Waals surface area (Å²) in [5.74, 6) is 0. The highest BCUT2D eigenvalue weighted by atomic mass is 15.0. The van der Waals surface area contributed by atoms with Crippen molar-refractivity contribution >= 4 is 0 Å². The summed E-state index contributed by atoms with van der Waals surface area (Å²) in [6.07, 6.45) is 6.70. The van der Waals surface area contributed by atoms with Crippen molar-refractivity contribution in [3.8, 4) is 0 Å². The first kappa shape index (κ1) is 8.25. The lowest BCUT2D eigenvalue weighted by Gasteiger charge is -2.05. The minimum Gasteiger partial charge on any atom is -0.203 e. The third kappa shape index (κ3) is 2.04. The molecular weight excluding hydrogens is 134 g/mol. The Morgan fingerprint density at radius 1 is 1.00 bits per heavy atom. The summed E-state index contributed by atoms with van der Waals surface area (Å²) in [7, 11) is 0. The van der Waals surface area contributed by atoms with Gasteiger partial charge in [0.2, 0.25) is 0 Å². The summed E-state index contributed by atoms with van der Waals surface area (Å²) in [6, 6.07) is 6.89. The molecule has 11 heavy (non-hydrogen) atoms. The van der Waals surface area contributed by atoms with E-state index in [1.165, 1.54) is 12.8 Å². The van der Waals surface area contributed by atoms with Gasteiger partial charge in [-0.15, -0.1) is 0 Å². The minimum absolute atomic E-state index is 0.677. The Labute approximate surface area is 68.7 Å². The average molecular weight is 150 g/mol. The summed E-state index contributed by atoms with van der Waals surface area (Å²) in [5, 5.41) is 0. The van der Waals surface area contributed by atoms with E-state index in [1.807, 2.05) is 0 Å². The summed E-state index contributed by atoms with van der Waals surface area (Å²) in [6.45, 7) is 4.46. The van der Waals surface area contributed by atoms with E-state index >= 15 is 0 Å². The molecule has 0 spiro atoms. The number of hydrogen-bond donors (Lipinski definition) is 0. The number of hydrogen-bond acceptors (Lipinski definition) is 0. The Bertz CT molecular complexity index is 189. The quantitative estimate of drug-likeness (QED) is 0.582. The van der Waals surface area contributed by atoms with Gasteiger partial charge in [0.1, 0.15) is 0 Å². The molecule has 0 atom stereocenters. The van der Waals surface area contributed by atoms with Gasteiger partial charge in [-0.25, -0.2) is 4.57 Å². The van der Waals surface area contributed by atoms with Crippen LogP contribution in [-0.4, -0.2) is 0 Å². The molecule has 0 saturated carbocycles. The molecule has 0 unspecified atom stereocenters. The zero-order valence-electron chi connectivity index (χ0n) is 7.33. The molecule has 0 N–H and O–H groups in total. The average Bonchev–Trinajstić information content (AvgIpc) is 2.09. The molecule has 0 aromatic carbocycles. The van der Waals surface area contributed by atoms with Gasteiger partial charge < -0.3 is 0 Å². The standard InChI is InChI=1S/C10H16N/c1-3-10(4-2)11-8-6-5-7-9-11/h5-10H,3-4H2,1-2H3/q+1. The Morgan fingerprint density at radius 3 is 2.00 bits per heavy atom. The zero-order chi connectivity index (χ0) is 8.10. The van der Waals surface area contributed by atoms with Gasteiger partial charge in [0, 0.05) is 25.0 Å².